The molecule has 0 aliphatic carbocycles. The van der Waals surface area contributed by atoms with Crippen LogP contribution in [0.4, 0.5) is 0 Å². The monoisotopic (exact) mass is 227 g/mol. The Morgan fingerprint density at radius 3 is 1.88 bits per heavy atom. The average Bonchev–Trinajstić information content (AvgIpc) is 2.11. The van der Waals surface area contributed by atoms with Crippen LogP contribution in [0.25, 0.3) is 0 Å². The van der Waals surface area contributed by atoms with E-state index in [-0.39, 0.29) is 29.6 Å². The van der Waals surface area contributed by atoms with Gasteiger partial charge in [-0.2, -0.15) is 0 Å². The predicted molar refractivity (Wildman–Crippen MR) is 66.1 cm³/mol. The van der Waals surface area contributed by atoms with Crippen LogP contribution in [0, 0.1) is 17.8 Å². The van der Waals surface area contributed by atoms with Gasteiger partial charge in [0, 0.05) is 5.92 Å². The Bertz CT molecular complexity index is 246. The number of carbonyl (C=O) groups is 2. The van der Waals surface area contributed by atoms with Crippen LogP contribution in [0.15, 0.2) is 0 Å². The summed E-state index contributed by atoms with van der Waals surface area (Å²) >= 11 is 0. The molecule has 0 bridgehead atoms. The highest BCUT2D eigenvalue weighted by Crippen LogP contribution is 2.12. The maximum absolute atomic E-state index is 11.8. The second-order valence-electron chi connectivity index (χ2n) is 5.37. The quantitative estimate of drug-likeness (QED) is 0.757. The molecule has 1 N–H and O–H groups in total. The molecule has 0 radical (unpaired) electrons. The van der Waals surface area contributed by atoms with E-state index in [2.05, 4.69) is 19.2 Å². The van der Waals surface area contributed by atoms with E-state index in [0.717, 1.165) is 6.42 Å². The molecule has 0 aromatic carbocycles. The van der Waals surface area contributed by atoms with Gasteiger partial charge in [0.2, 0.25) is 5.91 Å². The summed E-state index contributed by atoms with van der Waals surface area (Å²) in [6.07, 6.45) is 0.856. The Hall–Kier alpha value is -0.860. The maximum atomic E-state index is 11.8. The summed E-state index contributed by atoms with van der Waals surface area (Å²) in [5, 5.41) is 2.83. The fraction of sp³-hybridized carbons (Fsp3) is 0.846. The van der Waals surface area contributed by atoms with Crippen molar-refractivity contribution in [3.05, 3.63) is 0 Å². The molecule has 0 saturated carbocycles. The van der Waals surface area contributed by atoms with Gasteiger partial charge in [0.15, 0.2) is 5.78 Å². The molecule has 3 nitrogen and oxygen atoms in total. The summed E-state index contributed by atoms with van der Waals surface area (Å²) < 4.78 is 0. The second kappa shape index (κ2) is 6.66. The third-order valence-electron chi connectivity index (χ3n) is 2.67. The summed E-state index contributed by atoms with van der Waals surface area (Å²) in [4.78, 5) is 23.2. The smallest absolute Gasteiger partial charge is 0.223 e. The zero-order chi connectivity index (χ0) is 12.9. The first-order valence-electron chi connectivity index (χ1n) is 6.06. The molecule has 0 spiro atoms. The number of rotatable bonds is 6. The van der Waals surface area contributed by atoms with Gasteiger partial charge in [-0.1, -0.05) is 34.6 Å². The first kappa shape index (κ1) is 15.1. The molecule has 0 heterocycles. The number of hydrogen-bond donors (Lipinski definition) is 1. The molecular weight excluding hydrogens is 202 g/mol. The van der Waals surface area contributed by atoms with Crippen molar-refractivity contribution in [2.24, 2.45) is 17.8 Å². The molecule has 0 aromatic rings. The number of nitrogens with one attached hydrogen (secondary N) is 1. The van der Waals surface area contributed by atoms with Gasteiger partial charge in [-0.05, 0) is 25.2 Å². The van der Waals surface area contributed by atoms with E-state index < -0.39 is 0 Å². The fourth-order valence-electron chi connectivity index (χ4n) is 1.85. The Labute approximate surface area is 99.0 Å². The Morgan fingerprint density at radius 1 is 1.06 bits per heavy atom. The highest BCUT2D eigenvalue weighted by Gasteiger charge is 2.23. The fourth-order valence-corrected chi connectivity index (χ4v) is 1.85. The third-order valence-corrected chi connectivity index (χ3v) is 2.67. The third kappa shape index (κ3) is 5.29. The minimum Gasteiger partial charge on any atom is -0.346 e. The maximum Gasteiger partial charge on any atom is 0.223 e. The van der Waals surface area contributed by atoms with E-state index in [4.69, 9.17) is 0 Å². The summed E-state index contributed by atoms with van der Waals surface area (Å²) in [7, 11) is 0. The lowest BCUT2D eigenvalue weighted by Gasteiger charge is -2.22. The van der Waals surface area contributed by atoms with Crippen LogP contribution in [0.5, 0.6) is 0 Å². The van der Waals surface area contributed by atoms with Crippen LogP contribution >= 0.6 is 0 Å². The molecule has 2 atom stereocenters. The Balaban J connectivity index is 4.35. The van der Waals surface area contributed by atoms with E-state index in [0.29, 0.717) is 5.92 Å². The van der Waals surface area contributed by atoms with Crippen LogP contribution in [0.3, 0.4) is 0 Å². The normalized spacial score (nSPS) is 15.0. The first-order valence-corrected chi connectivity index (χ1v) is 6.06. The summed E-state index contributed by atoms with van der Waals surface area (Å²) in [6, 6.07) is -0.345. The largest absolute Gasteiger partial charge is 0.346 e. The highest BCUT2D eigenvalue weighted by molar-refractivity contribution is 5.88. The zero-order valence-electron chi connectivity index (χ0n) is 11.3. The molecule has 0 fully saturated rings. The van der Waals surface area contributed by atoms with Crippen molar-refractivity contribution >= 4 is 11.7 Å². The van der Waals surface area contributed by atoms with Crippen molar-refractivity contribution in [3.63, 3.8) is 0 Å². The Morgan fingerprint density at radius 2 is 1.56 bits per heavy atom. The first-order chi connectivity index (χ1) is 7.25. The molecule has 1 amide bonds. The van der Waals surface area contributed by atoms with Crippen molar-refractivity contribution in [1.82, 2.24) is 5.32 Å². The van der Waals surface area contributed by atoms with Gasteiger partial charge in [-0.25, -0.2) is 0 Å². The van der Waals surface area contributed by atoms with Crippen molar-refractivity contribution in [2.45, 2.75) is 54.0 Å². The van der Waals surface area contributed by atoms with E-state index in [1.54, 1.807) is 0 Å². The topological polar surface area (TPSA) is 46.2 Å². The van der Waals surface area contributed by atoms with E-state index in [1.165, 1.54) is 6.92 Å². The molecule has 0 rings (SSSR count). The number of carbonyl (C=O) groups excluding carboxylic acids is 2. The van der Waals surface area contributed by atoms with Crippen molar-refractivity contribution in [1.29, 1.82) is 0 Å². The van der Waals surface area contributed by atoms with Gasteiger partial charge >= 0.3 is 0 Å². The molecule has 3 heteroatoms. The van der Waals surface area contributed by atoms with Crippen LogP contribution in [-0.4, -0.2) is 17.7 Å². The lowest BCUT2D eigenvalue weighted by Crippen LogP contribution is -2.45. The lowest BCUT2D eigenvalue weighted by molar-refractivity contribution is -0.130. The zero-order valence-corrected chi connectivity index (χ0v) is 11.3. The molecule has 16 heavy (non-hydrogen) atoms. The summed E-state index contributed by atoms with van der Waals surface area (Å²) in [5.41, 5.74) is 0. The van der Waals surface area contributed by atoms with Gasteiger partial charge in [-0.15, -0.1) is 0 Å². The molecule has 0 aromatic heterocycles. The Kier molecular flexibility index (Phi) is 6.31. The number of hydrogen-bond acceptors (Lipinski definition) is 2. The molecular formula is C13H25NO2. The van der Waals surface area contributed by atoms with Crippen LogP contribution in [0.2, 0.25) is 0 Å². The van der Waals surface area contributed by atoms with Crippen LogP contribution in [0.1, 0.15) is 48.0 Å². The highest BCUT2D eigenvalue weighted by atomic mass is 16.2. The molecule has 0 unspecified atom stereocenters. The van der Waals surface area contributed by atoms with Gasteiger partial charge in [0.05, 0.1) is 6.04 Å². The van der Waals surface area contributed by atoms with E-state index >= 15 is 0 Å². The van der Waals surface area contributed by atoms with Crippen molar-refractivity contribution < 1.29 is 9.59 Å². The minimum atomic E-state index is -0.345. The number of amides is 1. The lowest BCUT2D eigenvalue weighted by atomic mass is 9.96. The summed E-state index contributed by atoms with van der Waals surface area (Å²) in [5.74, 6) is 0.631. The molecule has 0 aliphatic heterocycles. The number of Topliss-reactive ketones (excluding diaryl/α,β-unsaturated/α-hetero) is 1. The number of ketones is 1. The van der Waals surface area contributed by atoms with E-state index in [1.807, 2.05) is 20.8 Å². The van der Waals surface area contributed by atoms with E-state index in [9.17, 15) is 9.59 Å². The predicted octanol–water partition coefficient (Wildman–Crippen LogP) is 2.40. The minimum absolute atomic E-state index is 0.0115. The standard InChI is InChI=1S/C13H25NO2/c1-8(2)7-10(5)13(16)14-12(9(3)4)11(6)15/h8-10,12H,7H2,1-6H3,(H,14,16)/t10-,12-/m0/s1. The molecule has 0 aliphatic rings. The van der Waals surface area contributed by atoms with Gasteiger partial charge < -0.3 is 5.32 Å². The van der Waals surface area contributed by atoms with Gasteiger partial charge in [0.1, 0.15) is 0 Å². The van der Waals surface area contributed by atoms with Crippen molar-refractivity contribution in [3.8, 4) is 0 Å². The van der Waals surface area contributed by atoms with Crippen molar-refractivity contribution in [2.75, 3.05) is 0 Å². The SMILES string of the molecule is CC(=O)[C@@H](NC(=O)[C@@H](C)CC(C)C)C(C)C. The molecule has 94 valence electrons. The van der Waals surface area contributed by atoms with Gasteiger partial charge in [-0.3, -0.25) is 9.59 Å². The summed E-state index contributed by atoms with van der Waals surface area (Å²) in [6.45, 7) is 11.5. The van der Waals surface area contributed by atoms with Gasteiger partial charge in [0.25, 0.3) is 0 Å². The molecule has 0 saturated heterocycles. The second-order valence-corrected chi connectivity index (χ2v) is 5.37. The average molecular weight is 227 g/mol. The van der Waals surface area contributed by atoms with Crippen LogP contribution < -0.4 is 5.32 Å². The van der Waals surface area contributed by atoms with Crippen LogP contribution in [-0.2, 0) is 9.59 Å².